The maximum Gasteiger partial charge on any atom is 0.599 e. The number of nitrogen functional groups attached to an aromatic ring is 1. The Kier molecular flexibility index (Phi) is 9.42. The molecule has 3 aromatic heterocycles. The quantitative estimate of drug-likeness (QED) is 0.0323. The maximum absolute atomic E-state index is 13.4. The summed E-state index contributed by atoms with van der Waals surface area (Å²) in [6, 6.07) is 7.74. The summed E-state index contributed by atoms with van der Waals surface area (Å²) in [5, 5.41) is 49.8. The summed E-state index contributed by atoms with van der Waals surface area (Å²) < 4.78 is 6.23. The van der Waals surface area contributed by atoms with Gasteiger partial charge in [-0.1, -0.05) is 14.9 Å². The topological polar surface area (TPSA) is 255 Å². The smallest absolute Gasteiger partial charge is 0.504 e. The van der Waals surface area contributed by atoms with Crippen LogP contribution in [-0.2, 0) is 25.8 Å². The Morgan fingerprint density at radius 2 is 1.94 bits per heavy atom. The van der Waals surface area contributed by atoms with E-state index in [0.29, 0.717) is 21.7 Å². The predicted octanol–water partition coefficient (Wildman–Crippen LogP) is 2.06. The molecule has 2 amide bonds. The largest absolute Gasteiger partial charge is 0.599 e. The molecule has 0 bridgehead atoms. The molecule has 2 aliphatic rings. The second kappa shape index (κ2) is 13.9. The van der Waals surface area contributed by atoms with Crippen LogP contribution in [0.5, 0.6) is 11.5 Å². The number of hydrogen-bond donors (Lipinski definition) is 6. The molecule has 2 aliphatic heterocycles. The van der Waals surface area contributed by atoms with Gasteiger partial charge in [-0.3, -0.25) is 14.5 Å². The van der Waals surface area contributed by atoms with Crippen LogP contribution < -0.4 is 15.6 Å². The Hall–Kier alpha value is -5.60. The van der Waals surface area contributed by atoms with Gasteiger partial charge >= 0.3 is 12.1 Å². The van der Waals surface area contributed by atoms with E-state index in [1.165, 1.54) is 65.6 Å². The Balaban J connectivity index is 1.13. The number of carboxylic acids is 1. The number of phenolic OH excluding ortho intramolecular Hbond substituents is 2. The van der Waals surface area contributed by atoms with E-state index in [1.54, 1.807) is 12.1 Å². The Morgan fingerprint density at radius 1 is 1.16 bits per heavy atom. The summed E-state index contributed by atoms with van der Waals surface area (Å²) in [4.78, 5) is 61.4. The van der Waals surface area contributed by atoms with Gasteiger partial charge in [0, 0.05) is 45.5 Å². The molecule has 4 aromatic rings. The van der Waals surface area contributed by atoms with Gasteiger partial charge in [0.05, 0.1) is 0 Å². The first kappa shape index (κ1) is 33.3. The van der Waals surface area contributed by atoms with Gasteiger partial charge in [-0.15, -0.1) is 34.9 Å². The van der Waals surface area contributed by atoms with Gasteiger partial charge in [0.15, 0.2) is 47.1 Å². The molecule has 0 saturated carbocycles. The van der Waals surface area contributed by atoms with E-state index in [2.05, 4.69) is 20.6 Å². The summed E-state index contributed by atoms with van der Waals surface area (Å²) in [7, 11) is 0. The first-order valence-electron chi connectivity index (χ1n) is 14.0. The zero-order chi connectivity index (χ0) is 34.8. The van der Waals surface area contributed by atoms with Crippen molar-refractivity contribution in [1.82, 2.24) is 20.4 Å². The third-order valence-electron chi connectivity index (χ3n) is 7.14. The highest BCUT2D eigenvalue weighted by Gasteiger charge is 2.54. The van der Waals surface area contributed by atoms with Gasteiger partial charge in [0.2, 0.25) is 0 Å². The molecule has 0 aliphatic carbocycles. The average Bonchev–Trinajstić information content (AvgIpc) is 3.74. The standard InChI is InChI=1S/C29H23N7O10S3/c30-28-31-18(12-49-28)21(34-45-9-15-8-17(33-46-15)13-1-2-19(37)20(38)7-13)24(39)32-22-25(40)36-23(27(41)42)14(11-48-26(22)36)10-47-16-3-5-35(6-4-16)29(43)44/h1-8,12,22,26H,9-11H2,(H6-,30,31,32,33,34,37,38,39,41,42,43,44)/p+1/t22-,26-/m1/s1. The number of carboxylic acid groups (broad SMARTS) is 2. The number of thiazole rings is 1. The number of phenols is 2. The number of aromatic nitrogens is 3. The van der Waals surface area contributed by atoms with Gasteiger partial charge in [0.25, 0.3) is 11.8 Å². The summed E-state index contributed by atoms with van der Waals surface area (Å²) in [6.45, 7) is -0.266. The van der Waals surface area contributed by atoms with Crippen molar-refractivity contribution in [1.29, 1.82) is 0 Å². The van der Waals surface area contributed by atoms with Crippen molar-refractivity contribution in [3.63, 3.8) is 0 Å². The second-order valence-electron chi connectivity index (χ2n) is 10.3. The Labute approximate surface area is 287 Å². The number of carbonyl (C=O) groups is 4. The van der Waals surface area contributed by atoms with Crippen LogP contribution >= 0.6 is 34.9 Å². The lowest BCUT2D eigenvalue weighted by Crippen LogP contribution is -2.71. The van der Waals surface area contributed by atoms with Gasteiger partial charge in [-0.25, -0.2) is 9.78 Å². The fourth-order valence-electron chi connectivity index (χ4n) is 4.77. The van der Waals surface area contributed by atoms with E-state index in [0.717, 1.165) is 20.8 Å². The molecule has 49 heavy (non-hydrogen) atoms. The number of hydrogen-bond acceptors (Lipinski definition) is 15. The lowest BCUT2D eigenvalue weighted by Gasteiger charge is -2.49. The zero-order valence-electron chi connectivity index (χ0n) is 24.7. The number of pyridine rings is 1. The number of rotatable bonds is 11. The van der Waals surface area contributed by atoms with E-state index >= 15 is 0 Å². The monoisotopic (exact) mass is 726 g/mol. The number of aromatic hydroxyl groups is 2. The number of oxime groups is 1. The highest BCUT2D eigenvalue weighted by molar-refractivity contribution is 8.01. The molecule has 0 unspecified atom stereocenters. The van der Waals surface area contributed by atoms with Crippen molar-refractivity contribution >= 4 is 69.6 Å². The van der Waals surface area contributed by atoms with Crippen LogP contribution in [0.3, 0.4) is 0 Å². The summed E-state index contributed by atoms with van der Waals surface area (Å²) in [6.07, 6.45) is 1.60. The number of amides is 2. The zero-order valence-corrected chi connectivity index (χ0v) is 27.2. The van der Waals surface area contributed by atoms with Crippen molar-refractivity contribution in [2.45, 2.75) is 22.9 Å². The van der Waals surface area contributed by atoms with Crippen LogP contribution in [-0.4, -0.2) is 88.0 Å². The van der Waals surface area contributed by atoms with Crippen LogP contribution in [0.15, 0.2) is 80.0 Å². The minimum Gasteiger partial charge on any atom is -0.504 e. The van der Waals surface area contributed by atoms with Crippen LogP contribution in [0, 0.1) is 0 Å². The van der Waals surface area contributed by atoms with Gasteiger partial charge in [0.1, 0.15) is 28.5 Å². The molecule has 1 fully saturated rings. The van der Waals surface area contributed by atoms with Gasteiger partial charge < -0.3 is 40.8 Å². The highest BCUT2D eigenvalue weighted by Crippen LogP contribution is 2.41. The minimum absolute atomic E-state index is 0.0815. The number of nitrogens with two attached hydrogens (primary N) is 1. The minimum atomic E-state index is -1.29. The SMILES string of the molecule is Nc1nc(C(=NOCc2cc(-c3ccc(O)c(O)c3)no2)C(=O)N[C@@H]2C(=O)N3C(C(=O)O)=C(CSc4cc[n+](C(=O)O)cc4)CS[C@H]23)cs1. The third kappa shape index (κ3) is 7.00. The number of carbonyl (C=O) groups excluding carboxylic acids is 2. The molecule has 5 heterocycles. The second-order valence-corrected chi connectivity index (χ2v) is 13.3. The van der Waals surface area contributed by atoms with Crippen molar-refractivity contribution < 1.29 is 53.5 Å². The molecule has 7 N–H and O–H groups in total. The lowest BCUT2D eigenvalue weighted by atomic mass is 10.0. The van der Waals surface area contributed by atoms with Gasteiger partial charge in [-0.2, -0.15) is 4.79 Å². The summed E-state index contributed by atoms with van der Waals surface area (Å²) >= 11 is 3.63. The highest BCUT2D eigenvalue weighted by atomic mass is 32.2. The number of thioether (sulfide) groups is 2. The molecular formula is C29H24N7O10S3+. The van der Waals surface area contributed by atoms with E-state index < -0.39 is 35.3 Å². The van der Waals surface area contributed by atoms with Crippen molar-refractivity contribution in [3.8, 4) is 22.8 Å². The molecule has 1 saturated heterocycles. The van der Waals surface area contributed by atoms with Gasteiger partial charge in [-0.05, 0) is 23.8 Å². The molecule has 0 radical (unpaired) electrons. The summed E-state index contributed by atoms with van der Waals surface area (Å²) in [5.74, 6) is -2.63. The lowest BCUT2D eigenvalue weighted by molar-refractivity contribution is -0.584. The fourth-order valence-corrected chi connectivity index (χ4v) is 7.69. The molecule has 1 aromatic carbocycles. The molecule has 0 spiro atoms. The van der Waals surface area contributed by atoms with E-state index in [-0.39, 0.29) is 57.6 Å². The van der Waals surface area contributed by atoms with E-state index in [1.807, 2.05) is 0 Å². The van der Waals surface area contributed by atoms with Crippen molar-refractivity contribution in [2.24, 2.45) is 5.16 Å². The van der Waals surface area contributed by atoms with Crippen LogP contribution in [0.1, 0.15) is 11.5 Å². The molecule has 2 atom stereocenters. The first-order chi connectivity index (χ1) is 23.5. The van der Waals surface area contributed by atoms with Crippen LogP contribution in [0.2, 0.25) is 0 Å². The molecule has 20 heteroatoms. The van der Waals surface area contributed by atoms with Crippen LogP contribution in [0.4, 0.5) is 9.93 Å². The van der Waals surface area contributed by atoms with Crippen LogP contribution in [0.25, 0.3) is 11.3 Å². The maximum atomic E-state index is 13.4. The molecular weight excluding hydrogens is 703 g/mol. The third-order valence-corrected chi connectivity index (χ3v) is 10.3. The summed E-state index contributed by atoms with van der Waals surface area (Å²) in [5.41, 5.74) is 6.70. The number of anilines is 1. The fraction of sp³-hybridized carbons (Fsp3) is 0.172. The Morgan fingerprint density at radius 3 is 2.61 bits per heavy atom. The molecule has 17 nitrogen and oxygen atoms in total. The van der Waals surface area contributed by atoms with E-state index in [4.69, 9.17) is 20.2 Å². The number of nitrogens with one attached hydrogen (secondary N) is 1. The first-order valence-corrected chi connectivity index (χ1v) is 16.9. The average molecular weight is 727 g/mol. The number of fused-ring (bicyclic) bond motifs is 1. The molecule has 252 valence electrons. The normalized spacial score (nSPS) is 17.3. The number of nitrogens with zero attached hydrogens (tertiary/aromatic N) is 5. The van der Waals surface area contributed by atoms with Crippen molar-refractivity contribution in [2.75, 3.05) is 17.2 Å². The predicted molar refractivity (Wildman–Crippen MR) is 174 cm³/mol. The van der Waals surface area contributed by atoms with E-state index in [9.17, 15) is 34.5 Å². The Bertz CT molecular complexity index is 2030. The van der Waals surface area contributed by atoms with Crippen molar-refractivity contribution in [3.05, 3.63) is 76.9 Å². The number of benzene rings is 1. The number of aliphatic carboxylic acids is 1. The molecule has 6 rings (SSSR count). The number of β-lactam (4-membered cyclic amide) rings is 1.